The third-order valence-corrected chi connectivity index (χ3v) is 13.9. The van der Waals surface area contributed by atoms with Gasteiger partial charge in [0.2, 0.25) is 0 Å². The summed E-state index contributed by atoms with van der Waals surface area (Å²) in [6, 6.07) is 70.7. The molecule has 0 unspecified atom stereocenters. The monoisotopic (exact) mass is 848 g/mol. The maximum Gasteiger partial charge on any atom is -0.00240 e. The molecule has 0 amide bonds. The van der Waals surface area contributed by atoms with Crippen molar-refractivity contribution in [2.45, 2.75) is 55.4 Å². The van der Waals surface area contributed by atoms with Crippen LogP contribution in [0.4, 0.5) is 0 Å². The number of hydrogen-bond donors (Lipinski definition) is 0. The lowest BCUT2D eigenvalue weighted by Crippen LogP contribution is -1.87. The zero-order valence-corrected chi connectivity index (χ0v) is 39.5. The first-order valence-electron chi connectivity index (χ1n) is 23.3. The van der Waals surface area contributed by atoms with E-state index in [1.165, 1.54) is 141 Å². The molecule has 0 N–H and O–H groups in total. The molecule has 0 bridgehead atoms. The maximum absolute atomic E-state index is 2.30. The summed E-state index contributed by atoms with van der Waals surface area (Å²) < 4.78 is 0. The van der Waals surface area contributed by atoms with E-state index in [2.05, 4.69) is 250 Å². The van der Waals surface area contributed by atoms with Crippen molar-refractivity contribution in [3.05, 3.63) is 239 Å². The Morgan fingerprint density at radius 2 is 0.561 bits per heavy atom. The molecule has 320 valence electrons. The van der Waals surface area contributed by atoms with Crippen LogP contribution in [0.3, 0.4) is 0 Å². The fourth-order valence-corrected chi connectivity index (χ4v) is 10.1. The van der Waals surface area contributed by atoms with E-state index in [1.807, 2.05) is 0 Å². The van der Waals surface area contributed by atoms with Gasteiger partial charge < -0.3 is 0 Å². The molecule has 66 heavy (non-hydrogen) atoms. The van der Waals surface area contributed by atoms with E-state index in [4.69, 9.17) is 0 Å². The first-order chi connectivity index (χ1) is 32.0. The standard InChI is InChI=1S/C18H14.3C16H14/c1-11-3-5-13-8-10-16-12(2)4-6-14-7-9-15(11)17(13)18(14)16;1-11-3-5-13-10-16-8-12(2)4-6-14(16)9-15(13)7-11;1-11-6-5-9-15-12(2)14-8-4-3-7-13(14)10-16(11)15;1-11-7-8-12(2)16-10-14-6-4-3-5-13(14)9-15(11)16/h3-10H,1-2H3;3*3-10H,1-2H3. The smallest absolute Gasteiger partial charge is 0.00240 e. The topological polar surface area (TPSA) is 0 Å². The van der Waals surface area contributed by atoms with E-state index in [1.54, 1.807) is 0 Å². The fraction of sp³-hybridized carbons (Fsp3) is 0.121. The Kier molecular flexibility index (Phi) is 11.2. The summed E-state index contributed by atoms with van der Waals surface area (Å²) in [5.41, 5.74) is 10.8. The van der Waals surface area contributed by atoms with E-state index in [9.17, 15) is 0 Å². The molecule has 13 aromatic carbocycles. The van der Waals surface area contributed by atoms with Gasteiger partial charge in [-0.3, -0.25) is 0 Å². The lowest BCUT2D eigenvalue weighted by molar-refractivity contribution is 1.47. The Morgan fingerprint density at radius 3 is 1.09 bits per heavy atom. The van der Waals surface area contributed by atoms with Crippen molar-refractivity contribution in [3.63, 3.8) is 0 Å². The zero-order valence-electron chi connectivity index (χ0n) is 39.5. The van der Waals surface area contributed by atoms with E-state index in [0.29, 0.717) is 0 Å². The molecule has 0 aliphatic rings. The summed E-state index contributed by atoms with van der Waals surface area (Å²) in [6.45, 7) is 17.4. The van der Waals surface area contributed by atoms with E-state index >= 15 is 0 Å². The van der Waals surface area contributed by atoms with Crippen LogP contribution in [0.2, 0.25) is 0 Å². The van der Waals surface area contributed by atoms with Crippen LogP contribution in [0.15, 0.2) is 194 Å². The van der Waals surface area contributed by atoms with Gasteiger partial charge in [-0.1, -0.05) is 175 Å². The van der Waals surface area contributed by atoms with Crippen LogP contribution in [0, 0.1) is 55.4 Å². The maximum atomic E-state index is 2.30. The molecule has 0 aliphatic carbocycles. The van der Waals surface area contributed by atoms with Gasteiger partial charge in [-0.2, -0.15) is 0 Å². The lowest BCUT2D eigenvalue weighted by Gasteiger charge is -2.13. The van der Waals surface area contributed by atoms with Gasteiger partial charge in [-0.15, -0.1) is 0 Å². The third kappa shape index (κ3) is 7.99. The first-order valence-corrected chi connectivity index (χ1v) is 23.3. The minimum absolute atomic E-state index is 1.32. The third-order valence-electron chi connectivity index (χ3n) is 13.9. The first kappa shape index (κ1) is 42.4. The van der Waals surface area contributed by atoms with Gasteiger partial charge in [0.05, 0.1) is 0 Å². The van der Waals surface area contributed by atoms with Crippen molar-refractivity contribution in [2.75, 3.05) is 0 Å². The number of rotatable bonds is 0. The number of aryl methyl sites for hydroxylation is 8. The number of fused-ring (bicyclic) bond motifs is 6. The highest BCUT2D eigenvalue weighted by molar-refractivity contribution is 6.24. The van der Waals surface area contributed by atoms with Crippen LogP contribution in [-0.4, -0.2) is 0 Å². The van der Waals surface area contributed by atoms with E-state index < -0.39 is 0 Å². The van der Waals surface area contributed by atoms with Crippen molar-refractivity contribution in [3.8, 4) is 0 Å². The molecular weight excluding hydrogens is 793 g/mol. The van der Waals surface area contributed by atoms with Crippen molar-refractivity contribution in [1.82, 2.24) is 0 Å². The van der Waals surface area contributed by atoms with Gasteiger partial charge in [0, 0.05) is 0 Å². The quantitative estimate of drug-likeness (QED) is 0.105. The predicted octanol–water partition coefficient (Wildman–Crippen LogP) is 19.0. The molecule has 0 aromatic heterocycles. The van der Waals surface area contributed by atoms with Gasteiger partial charge in [-0.05, 0) is 216 Å². The van der Waals surface area contributed by atoms with E-state index in [-0.39, 0.29) is 0 Å². The van der Waals surface area contributed by atoms with E-state index in [0.717, 1.165) is 0 Å². The highest BCUT2D eigenvalue weighted by Crippen LogP contribution is 2.37. The molecule has 0 nitrogen and oxygen atoms in total. The molecular formula is C66H56. The molecule has 0 spiro atoms. The molecule has 0 heterocycles. The minimum atomic E-state index is 1.32. The van der Waals surface area contributed by atoms with Crippen LogP contribution < -0.4 is 0 Å². The lowest BCUT2D eigenvalue weighted by atomic mass is 9.91. The Labute approximate surface area is 389 Å². The minimum Gasteiger partial charge on any atom is -0.0616 e. The summed E-state index contributed by atoms with van der Waals surface area (Å²) >= 11 is 0. The summed E-state index contributed by atoms with van der Waals surface area (Å²) in [5.74, 6) is 0. The van der Waals surface area contributed by atoms with Crippen LogP contribution in [0.1, 0.15) is 44.5 Å². The summed E-state index contributed by atoms with van der Waals surface area (Å²) in [4.78, 5) is 0. The largest absolute Gasteiger partial charge is 0.0616 e. The number of benzene rings is 13. The van der Waals surface area contributed by atoms with Crippen LogP contribution >= 0.6 is 0 Å². The molecule has 0 saturated heterocycles. The fourth-order valence-electron chi connectivity index (χ4n) is 10.1. The Bertz CT molecular complexity index is 3730. The average molecular weight is 849 g/mol. The molecule has 0 fully saturated rings. The SMILES string of the molecule is Cc1ccc(C)c2cc3ccccc3cc12.Cc1ccc2cc3cc(C)ccc3cc2c1.Cc1ccc2ccc3c(C)ccc4ccc1c2c43.Cc1cccc2c(C)c3ccccc3cc12. The Hall–Kier alpha value is -7.54. The van der Waals surface area contributed by atoms with Gasteiger partial charge in [0.1, 0.15) is 0 Å². The summed E-state index contributed by atoms with van der Waals surface area (Å²) in [7, 11) is 0. The second-order valence-corrected chi connectivity index (χ2v) is 18.6. The summed E-state index contributed by atoms with van der Waals surface area (Å²) in [6.07, 6.45) is 0. The van der Waals surface area contributed by atoms with Crippen molar-refractivity contribution in [1.29, 1.82) is 0 Å². The highest BCUT2D eigenvalue weighted by atomic mass is 14.1. The van der Waals surface area contributed by atoms with Crippen molar-refractivity contribution < 1.29 is 0 Å². The van der Waals surface area contributed by atoms with Gasteiger partial charge in [-0.25, -0.2) is 0 Å². The molecule has 0 radical (unpaired) electrons. The van der Waals surface area contributed by atoms with Crippen LogP contribution in [0.5, 0.6) is 0 Å². The molecule has 13 aromatic rings. The molecule has 0 atom stereocenters. The predicted molar refractivity (Wildman–Crippen MR) is 292 cm³/mol. The van der Waals surface area contributed by atoms with Gasteiger partial charge >= 0.3 is 0 Å². The van der Waals surface area contributed by atoms with Crippen LogP contribution in [-0.2, 0) is 0 Å². The second kappa shape index (κ2) is 17.4. The highest BCUT2D eigenvalue weighted by Gasteiger charge is 2.11. The molecule has 0 aliphatic heterocycles. The molecule has 0 saturated carbocycles. The van der Waals surface area contributed by atoms with Gasteiger partial charge in [0.25, 0.3) is 0 Å². The molecule has 13 rings (SSSR count). The summed E-state index contributed by atoms with van der Waals surface area (Å²) in [5, 5.41) is 24.5. The van der Waals surface area contributed by atoms with Crippen molar-refractivity contribution in [2.24, 2.45) is 0 Å². The zero-order chi connectivity index (χ0) is 45.6. The van der Waals surface area contributed by atoms with Crippen LogP contribution in [0.25, 0.3) is 97.0 Å². The Morgan fingerprint density at radius 1 is 0.197 bits per heavy atom. The number of hydrogen-bond acceptors (Lipinski definition) is 0. The van der Waals surface area contributed by atoms with Gasteiger partial charge in [0.15, 0.2) is 0 Å². The Balaban J connectivity index is 0.000000103. The molecule has 0 heteroatoms. The van der Waals surface area contributed by atoms with Crippen molar-refractivity contribution >= 4 is 97.0 Å². The average Bonchev–Trinajstić information content (AvgIpc) is 3.33. The second-order valence-electron chi connectivity index (χ2n) is 18.6. The normalized spacial score (nSPS) is 11.3.